The van der Waals surface area contributed by atoms with Crippen LogP contribution in [-0.4, -0.2) is 25.7 Å². The predicted molar refractivity (Wildman–Crippen MR) is 109 cm³/mol. The van der Waals surface area contributed by atoms with Gasteiger partial charge in [-0.2, -0.15) is 5.10 Å². The third kappa shape index (κ3) is 3.70. The number of hydrogen-bond donors (Lipinski definition) is 1. The zero-order valence-corrected chi connectivity index (χ0v) is 16.7. The van der Waals surface area contributed by atoms with Crippen LogP contribution in [0.1, 0.15) is 34.8 Å². The fourth-order valence-electron chi connectivity index (χ4n) is 3.24. The van der Waals surface area contributed by atoms with Crippen LogP contribution in [0.25, 0.3) is 16.3 Å². The molecule has 156 valence electrons. The Balaban J connectivity index is 1.41. The molecule has 0 radical (unpaired) electrons. The summed E-state index contributed by atoms with van der Waals surface area (Å²) >= 11 is 1.47. The maximum Gasteiger partial charge on any atom is 0.262 e. The number of hydrogen-bond acceptors (Lipinski definition) is 5. The predicted octanol–water partition coefficient (Wildman–Crippen LogP) is 4.94. The van der Waals surface area contributed by atoms with Crippen LogP contribution in [0, 0.1) is 17.5 Å². The molecule has 0 unspecified atom stereocenters. The highest BCUT2D eigenvalue weighted by Crippen LogP contribution is 2.44. The summed E-state index contributed by atoms with van der Waals surface area (Å²) < 4.78 is 42.7. The summed E-state index contributed by atoms with van der Waals surface area (Å²) in [5.74, 6) is -4.66. The number of thiazole rings is 1. The third-order valence-corrected chi connectivity index (χ3v) is 5.67. The van der Waals surface area contributed by atoms with Crippen molar-refractivity contribution in [1.29, 1.82) is 0 Å². The van der Waals surface area contributed by atoms with Gasteiger partial charge >= 0.3 is 0 Å². The summed E-state index contributed by atoms with van der Waals surface area (Å²) in [6, 6.07) is 4.57. The average Bonchev–Trinajstić information content (AvgIpc) is 3.27. The lowest BCUT2D eigenvalue weighted by molar-refractivity contribution is 0.101. The van der Waals surface area contributed by atoms with E-state index < -0.39 is 28.9 Å². The van der Waals surface area contributed by atoms with E-state index in [1.165, 1.54) is 17.4 Å². The molecule has 6 nitrogen and oxygen atoms in total. The van der Waals surface area contributed by atoms with Crippen molar-refractivity contribution in [2.24, 2.45) is 0 Å². The molecule has 0 atom stereocenters. The zero-order chi connectivity index (χ0) is 21.5. The Kier molecular flexibility index (Phi) is 4.78. The molecule has 10 heteroatoms. The molecule has 1 aliphatic carbocycles. The van der Waals surface area contributed by atoms with Crippen LogP contribution < -0.4 is 5.32 Å². The van der Waals surface area contributed by atoms with Gasteiger partial charge in [0.2, 0.25) is 5.13 Å². The Hall–Kier alpha value is -3.53. The van der Waals surface area contributed by atoms with Crippen molar-refractivity contribution in [3.63, 3.8) is 0 Å². The molecule has 1 fully saturated rings. The number of aromatic nitrogens is 4. The van der Waals surface area contributed by atoms with Crippen molar-refractivity contribution >= 4 is 23.1 Å². The van der Waals surface area contributed by atoms with Crippen molar-refractivity contribution < 1.29 is 18.0 Å². The molecule has 5 rings (SSSR count). The van der Waals surface area contributed by atoms with Gasteiger partial charge in [0.15, 0.2) is 11.6 Å². The van der Waals surface area contributed by atoms with Crippen molar-refractivity contribution in [3.8, 4) is 16.3 Å². The van der Waals surface area contributed by atoms with Crippen LogP contribution in [0.3, 0.4) is 0 Å². The van der Waals surface area contributed by atoms with Gasteiger partial charge in [-0.05, 0) is 37.1 Å². The van der Waals surface area contributed by atoms with Crippen molar-refractivity contribution in [3.05, 3.63) is 76.9 Å². The fraction of sp³-hybridized carbons (Fsp3) is 0.143. The molecule has 1 N–H and O–H groups in total. The van der Waals surface area contributed by atoms with E-state index in [0.717, 1.165) is 34.8 Å². The smallest absolute Gasteiger partial charge is 0.262 e. The van der Waals surface area contributed by atoms with Crippen molar-refractivity contribution in [2.45, 2.75) is 18.8 Å². The minimum Gasteiger partial charge on any atom is -0.306 e. The van der Waals surface area contributed by atoms with E-state index >= 15 is 0 Å². The Morgan fingerprint density at radius 1 is 1.10 bits per heavy atom. The number of benzene rings is 1. The summed E-state index contributed by atoms with van der Waals surface area (Å²) in [4.78, 5) is 20.7. The number of halogens is 3. The Morgan fingerprint density at radius 2 is 1.90 bits per heavy atom. The molecule has 3 aromatic heterocycles. The Bertz CT molecular complexity index is 1270. The number of pyridine rings is 1. The molecule has 1 aromatic carbocycles. The number of amides is 1. The molecule has 31 heavy (non-hydrogen) atoms. The first-order valence-electron chi connectivity index (χ1n) is 9.42. The number of carbonyl (C=O) groups is 1. The van der Waals surface area contributed by atoms with E-state index in [9.17, 15) is 18.0 Å². The quantitative estimate of drug-likeness (QED) is 0.446. The van der Waals surface area contributed by atoms with E-state index in [-0.39, 0.29) is 5.82 Å². The molecule has 1 saturated carbocycles. The molecule has 1 aliphatic rings. The minimum atomic E-state index is -1.54. The zero-order valence-electron chi connectivity index (χ0n) is 15.8. The summed E-state index contributed by atoms with van der Waals surface area (Å²) in [6.07, 6.45) is 7.27. The van der Waals surface area contributed by atoms with Crippen LogP contribution in [0.5, 0.6) is 0 Å². The number of nitrogens with one attached hydrogen (secondary N) is 1. The SMILES string of the molecule is O=C(Nc1ccc(-c2cn(-c3nccs3)nc2C2CC2)cn1)c1c(F)ccc(F)c1F. The summed E-state index contributed by atoms with van der Waals surface area (Å²) in [5.41, 5.74) is 1.65. The largest absolute Gasteiger partial charge is 0.306 e. The number of rotatable bonds is 5. The Morgan fingerprint density at radius 3 is 2.58 bits per heavy atom. The maximum absolute atomic E-state index is 13.8. The number of nitrogens with zero attached hydrogens (tertiary/aromatic N) is 4. The van der Waals surface area contributed by atoms with Crippen molar-refractivity contribution in [2.75, 3.05) is 5.32 Å². The molecule has 0 bridgehead atoms. The van der Waals surface area contributed by atoms with Crippen LogP contribution in [0.2, 0.25) is 0 Å². The van der Waals surface area contributed by atoms with Crippen LogP contribution in [0.15, 0.2) is 48.2 Å². The summed E-state index contributed by atoms with van der Waals surface area (Å²) in [6.45, 7) is 0. The van der Waals surface area contributed by atoms with E-state index in [1.54, 1.807) is 23.1 Å². The van der Waals surface area contributed by atoms with Gasteiger partial charge in [-0.1, -0.05) is 0 Å². The molecular weight excluding hydrogens is 427 g/mol. The highest BCUT2D eigenvalue weighted by Gasteiger charge is 2.30. The lowest BCUT2D eigenvalue weighted by Crippen LogP contribution is -2.17. The van der Waals surface area contributed by atoms with Gasteiger partial charge in [0.1, 0.15) is 17.2 Å². The molecular formula is C21H14F3N5OS. The first-order valence-corrected chi connectivity index (χ1v) is 10.3. The molecule has 1 amide bonds. The molecule has 0 saturated heterocycles. The monoisotopic (exact) mass is 441 g/mol. The second-order valence-electron chi connectivity index (χ2n) is 7.07. The first kappa shape index (κ1) is 19.4. The van der Waals surface area contributed by atoms with Gasteiger partial charge in [-0.3, -0.25) is 4.79 Å². The summed E-state index contributed by atoms with van der Waals surface area (Å²) in [5, 5.41) is 9.60. The second kappa shape index (κ2) is 7.62. The van der Waals surface area contributed by atoms with Crippen molar-refractivity contribution in [1.82, 2.24) is 19.7 Å². The van der Waals surface area contributed by atoms with Crippen LogP contribution in [0.4, 0.5) is 19.0 Å². The van der Waals surface area contributed by atoms with Crippen LogP contribution >= 0.6 is 11.3 Å². The average molecular weight is 441 g/mol. The first-order chi connectivity index (χ1) is 15.0. The van der Waals surface area contributed by atoms with E-state index in [4.69, 9.17) is 0 Å². The lowest BCUT2D eigenvalue weighted by atomic mass is 10.1. The standard InChI is InChI=1S/C21H14F3N5OS/c22-14-4-5-15(23)18(24)17(14)20(30)27-16-6-3-12(9-26-16)13-10-29(21-25-7-8-31-21)28-19(13)11-1-2-11/h3-11H,1-2H2,(H,26,27,30). The van der Waals surface area contributed by atoms with Gasteiger partial charge in [-0.15, -0.1) is 11.3 Å². The van der Waals surface area contributed by atoms with Crippen LogP contribution in [-0.2, 0) is 0 Å². The number of carbonyl (C=O) groups excluding carboxylic acids is 1. The highest BCUT2D eigenvalue weighted by atomic mass is 32.1. The van der Waals surface area contributed by atoms with Gasteiger partial charge in [0.25, 0.3) is 5.91 Å². The van der Waals surface area contributed by atoms with E-state index in [2.05, 4.69) is 20.4 Å². The highest BCUT2D eigenvalue weighted by molar-refractivity contribution is 7.12. The third-order valence-electron chi connectivity index (χ3n) is 4.91. The molecule has 4 aromatic rings. The minimum absolute atomic E-state index is 0.0806. The fourth-order valence-corrected chi connectivity index (χ4v) is 3.80. The molecule has 3 heterocycles. The van der Waals surface area contributed by atoms with E-state index in [0.29, 0.717) is 18.1 Å². The van der Waals surface area contributed by atoms with E-state index in [1.807, 2.05) is 11.6 Å². The number of anilines is 1. The van der Waals surface area contributed by atoms with Gasteiger partial charge < -0.3 is 5.32 Å². The molecule has 0 spiro atoms. The second-order valence-corrected chi connectivity index (χ2v) is 7.94. The van der Waals surface area contributed by atoms with Gasteiger partial charge in [0.05, 0.1) is 5.69 Å². The normalized spacial score (nSPS) is 13.4. The summed E-state index contributed by atoms with van der Waals surface area (Å²) in [7, 11) is 0. The molecule has 0 aliphatic heterocycles. The maximum atomic E-state index is 13.8. The van der Waals surface area contributed by atoms with Gasteiger partial charge in [0, 0.05) is 41.0 Å². The lowest BCUT2D eigenvalue weighted by Gasteiger charge is -2.08. The topological polar surface area (TPSA) is 72.7 Å². The Labute approximate surface area is 178 Å². The van der Waals surface area contributed by atoms with Gasteiger partial charge in [-0.25, -0.2) is 27.8 Å².